The maximum Gasteiger partial charge on any atom is 0.243 e. The van der Waals surface area contributed by atoms with Crippen molar-refractivity contribution in [2.45, 2.75) is 33.1 Å². The highest BCUT2D eigenvalue weighted by atomic mass is 16.1. The molecule has 2 nitrogen and oxygen atoms in total. The highest BCUT2D eigenvalue weighted by Gasteiger charge is 1.88. The molecular weight excluding hydrogens is 162 g/mol. The molecule has 0 bridgehead atoms. The van der Waals surface area contributed by atoms with Gasteiger partial charge in [-0.05, 0) is 32.3 Å². The van der Waals surface area contributed by atoms with Crippen molar-refractivity contribution >= 4 is 5.91 Å². The van der Waals surface area contributed by atoms with Crippen LogP contribution in [-0.4, -0.2) is 12.5 Å². The summed E-state index contributed by atoms with van der Waals surface area (Å²) >= 11 is 0. The van der Waals surface area contributed by atoms with Crippen molar-refractivity contribution in [2.75, 3.05) is 6.54 Å². The average molecular weight is 181 g/mol. The maximum absolute atomic E-state index is 10.9. The van der Waals surface area contributed by atoms with Crippen LogP contribution in [0.1, 0.15) is 33.1 Å². The first-order chi connectivity index (χ1) is 6.31. The van der Waals surface area contributed by atoms with Crippen molar-refractivity contribution in [3.63, 3.8) is 0 Å². The standard InChI is InChI=1S/C11H19NO/c1-3-5-6-7-8-9-10-11(13)12-4-2/h5-6,9-10H,3-4,7-8H2,1-2H3,(H,12,13)/b6-5+,10-9+. The summed E-state index contributed by atoms with van der Waals surface area (Å²) in [7, 11) is 0. The third kappa shape index (κ3) is 8.86. The molecule has 1 N–H and O–H groups in total. The lowest BCUT2D eigenvalue weighted by Gasteiger charge is -1.93. The van der Waals surface area contributed by atoms with Gasteiger partial charge in [-0.3, -0.25) is 4.79 Å². The van der Waals surface area contributed by atoms with Crippen LogP contribution in [0.3, 0.4) is 0 Å². The van der Waals surface area contributed by atoms with Crippen LogP contribution in [0.5, 0.6) is 0 Å². The first kappa shape index (κ1) is 11.9. The highest BCUT2D eigenvalue weighted by molar-refractivity contribution is 5.87. The Balaban J connectivity index is 3.40. The number of likely N-dealkylation sites (N-methyl/N-ethyl adjacent to an activating group) is 1. The van der Waals surface area contributed by atoms with E-state index in [1.165, 1.54) is 0 Å². The van der Waals surface area contributed by atoms with Gasteiger partial charge in [-0.25, -0.2) is 0 Å². The second-order valence-corrected chi connectivity index (χ2v) is 2.75. The topological polar surface area (TPSA) is 29.1 Å². The molecule has 0 spiro atoms. The van der Waals surface area contributed by atoms with Crippen molar-refractivity contribution in [1.29, 1.82) is 0 Å². The summed E-state index contributed by atoms with van der Waals surface area (Å²) in [5.41, 5.74) is 0. The molecule has 13 heavy (non-hydrogen) atoms. The molecule has 0 radical (unpaired) electrons. The summed E-state index contributed by atoms with van der Waals surface area (Å²) in [5.74, 6) is 0.00183. The lowest BCUT2D eigenvalue weighted by atomic mass is 10.2. The molecule has 0 rings (SSSR count). The fourth-order valence-corrected chi connectivity index (χ4v) is 0.900. The average Bonchev–Trinajstić information content (AvgIpc) is 2.11. The van der Waals surface area contributed by atoms with Crippen LogP contribution >= 0.6 is 0 Å². The summed E-state index contributed by atoms with van der Waals surface area (Å²) in [6.07, 6.45) is 10.8. The van der Waals surface area contributed by atoms with Crippen molar-refractivity contribution < 1.29 is 4.79 Å². The quantitative estimate of drug-likeness (QED) is 0.380. The minimum absolute atomic E-state index is 0.00183. The molecule has 0 saturated carbocycles. The van der Waals surface area contributed by atoms with E-state index in [1.807, 2.05) is 13.0 Å². The van der Waals surface area contributed by atoms with Gasteiger partial charge in [0.25, 0.3) is 0 Å². The first-order valence-corrected chi connectivity index (χ1v) is 4.90. The van der Waals surface area contributed by atoms with E-state index in [0.717, 1.165) is 19.3 Å². The van der Waals surface area contributed by atoms with Crippen LogP contribution in [0.2, 0.25) is 0 Å². The van der Waals surface area contributed by atoms with Gasteiger partial charge in [-0.15, -0.1) is 0 Å². The Labute approximate surface area is 80.7 Å². The van der Waals surface area contributed by atoms with Crippen LogP contribution in [0.4, 0.5) is 0 Å². The fraction of sp³-hybridized carbons (Fsp3) is 0.545. The van der Waals surface area contributed by atoms with E-state index >= 15 is 0 Å². The number of rotatable bonds is 6. The minimum atomic E-state index is 0.00183. The summed E-state index contributed by atoms with van der Waals surface area (Å²) in [6.45, 7) is 4.72. The minimum Gasteiger partial charge on any atom is -0.353 e. The summed E-state index contributed by atoms with van der Waals surface area (Å²) < 4.78 is 0. The molecule has 2 heteroatoms. The molecule has 0 atom stereocenters. The zero-order valence-corrected chi connectivity index (χ0v) is 8.55. The predicted molar refractivity (Wildman–Crippen MR) is 56.5 cm³/mol. The molecule has 0 heterocycles. The van der Waals surface area contributed by atoms with Crippen molar-refractivity contribution in [2.24, 2.45) is 0 Å². The number of hydrogen-bond acceptors (Lipinski definition) is 1. The SMILES string of the molecule is CC/C=C/CC/C=C/C(=O)NCC. The second-order valence-electron chi connectivity index (χ2n) is 2.75. The molecule has 0 aromatic carbocycles. The molecule has 0 fully saturated rings. The van der Waals surface area contributed by atoms with Crippen LogP contribution in [0.15, 0.2) is 24.3 Å². The van der Waals surface area contributed by atoms with E-state index in [4.69, 9.17) is 0 Å². The van der Waals surface area contributed by atoms with Gasteiger partial charge < -0.3 is 5.32 Å². The molecule has 0 unspecified atom stereocenters. The summed E-state index contributed by atoms with van der Waals surface area (Å²) in [4.78, 5) is 10.9. The van der Waals surface area contributed by atoms with Crippen LogP contribution in [-0.2, 0) is 4.79 Å². The monoisotopic (exact) mass is 181 g/mol. The number of carbonyl (C=O) groups is 1. The van der Waals surface area contributed by atoms with Gasteiger partial charge in [0.1, 0.15) is 0 Å². The van der Waals surface area contributed by atoms with Crippen molar-refractivity contribution in [3.05, 3.63) is 24.3 Å². The van der Waals surface area contributed by atoms with E-state index in [9.17, 15) is 4.79 Å². The fourth-order valence-electron chi connectivity index (χ4n) is 0.900. The van der Waals surface area contributed by atoms with E-state index in [0.29, 0.717) is 6.54 Å². The number of nitrogens with one attached hydrogen (secondary N) is 1. The molecule has 1 amide bonds. The Morgan fingerprint density at radius 3 is 2.46 bits per heavy atom. The Bertz CT molecular complexity index is 183. The van der Waals surface area contributed by atoms with Gasteiger partial charge in [0.2, 0.25) is 5.91 Å². The zero-order chi connectivity index (χ0) is 9.94. The van der Waals surface area contributed by atoms with Gasteiger partial charge in [0.15, 0.2) is 0 Å². The maximum atomic E-state index is 10.9. The van der Waals surface area contributed by atoms with Crippen LogP contribution < -0.4 is 5.32 Å². The largest absolute Gasteiger partial charge is 0.353 e. The summed E-state index contributed by atoms with van der Waals surface area (Å²) in [6, 6.07) is 0. The third-order valence-corrected chi connectivity index (χ3v) is 1.52. The van der Waals surface area contributed by atoms with Crippen LogP contribution in [0.25, 0.3) is 0 Å². The van der Waals surface area contributed by atoms with Crippen molar-refractivity contribution in [3.8, 4) is 0 Å². The molecule has 0 aromatic heterocycles. The van der Waals surface area contributed by atoms with E-state index < -0.39 is 0 Å². The van der Waals surface area contributed by atoms with Gasteiger partial charge >= 0.3 is 0 Å². The molecule has 0 saturated heterocycles. The molecular formula is C11H19NO. The van der Waals surface area contributed by atoms with E-state index in [1.54, 1.807) is 6.08 Å². The molecule has 0 aliphatic heterocycles. The van der Waals surface area contributed by atoms with Gasteiger partial charge in [0, 0.05) is 6.54 Å². The van der Waals surface area contributed by atoms with Gasteiger partial charge in [-0.1, -0.05) is 25.2 Å². The molecule has 0 aromatic rings. The Morgan fingerprint density at radius 1 is 1.15 bits per heavy atom. The molecule has 0 aliphatic rings. The number of allylic oxidation sites excluding steroid dienone is 3. The summed E-state index contributed by atoms with van der Waals surface area (Å²) in [5, 5.41) is 2.70. The normalized spacial score (nSPS) is 11.2. The molecule has 0 aliphatic carbocycles. The number of hydrogen-bond donors (Lipinski definition) is 1. The van der Waals surface area contributed by atoms with Crippen molar-refractivity contribution in [1.82, 2.24) is 5.32 Å². The lowest BCUT2D eigenvalue weighted by molar-refractivity contribution is -0.116. The zero-order valence-electron chi connectivity index (χ0n) is 8.55. The third-order valence-electron chi connectivity index (χ3n) is 1.52. The first-order valence-electron chi connectivity index (χ1n) is 4.90. The highest BCUT2D eigenvalue weighted by Crippen LogP contribution is 1.93. The van der Waals surface area contributed by atoms with Gasteiger partial charge in [-0.2, -0.15) is 0 Å². The van der Waals surface area contributed by atoms with E-state index in [2.05, 4.69) is 24.4 Å². The van der Waals surface area contributed by atoms with Gasteiger partial charge in [0.05, 0.1) is 0 Å². The second kappa shape index (κ2) is 9.04. The lowest BCUT2D eigenvalue weighted by Crippen LogP contribution is -2.19. The molecule has 74 valence electrons. The Kier molecular flexibility index (Phi) is 8.31. The predicted octanol–water partition coefficient (Wildman–Crippen LogP) is 2.43. The Morgan fingerprint density at radius 2 is 1.85 bits per heavy atom. The number of carbonyl (C=O) groups excluding carboxylic acids is 1. The smallest absolute Gasteiger partial charge is 0.243 e. The number of amides is 1. The van der Waals surface area contributed by atoms with Crippen LogP contribution in [0, 0.1) is 0 Å². The number of unbranched alkanes of at least 4 members (excludes halogenated alkanes) is 1. The Hall–Kier alpha value is -1.05. The van der Waals surface area contributed by atoms with E-state index in [-0.39, 0.29) is 5.91 Å².